The molecule has 9 heteroatoms. The molecule has 186 valence electrons. The molecule has 3 aromatic carbocycles. The van der Waals surface area contributed by atoms with E-state index >= 15 is 0 Å². The maximum absolute atomic E-state index is 13.8. The minimum atomic E-state index is -4.37. The zero-order valence-corrected chi connectivity index (χ0v) is 20.5. The molecule has 0 bridgehead atoms. The Morgan fingerprint density at radius 2 is 1.42 bits per heavy atom. The smallest absolute Gasteiger partial charge is 0.425 e. The van der Waals surface area contributed by atoms with Crippen LogP contribution >= 0.6 is 0 Å². The summed E-state index contributed by atoms with van der Waals surface area (Å²) < 4.78 is 39.6. The molecule has 2 aliphatic heterocycles. The predicted molar refractivity (Wildman–Crippen MR) is 132 cm³/mol. The van der Waals surface area contributed by atoms with Crippen molar-refractivity contribution in [2.45, 2.75) is 30.5 Å². The fourth-order valence-corrected chi connectivity index (χ4v) is 7.20. The van der Waals surface area contributed by atoms with Crippen molar-refractivity contribution in [1.82, 2.24) is 8.61 Å². The van der Waals surface area contributed by atoms with E-state index in [1.807, 2.05) is 66.7 Å². The minimum absolute atomic E-state index is 0.0734. The first-order valence-corrected chi connectivity index (χ1v) is 13.0. The van der Waals surface area contributed by atoms with Crippen molar-refractivity contribution in [3.8, 4) is 0 Å². The fraction of sp³-hybridized carbons (Fsp3) is 0.259. The largest absolute Gasteiger partial charge is 0.467 e. The van der Waals surface area contributed by atoms with Crippen LogP contribution in [0.4, 0.5) is 4.79 Å². The van der Waals surface area contributed by atoms with E-state index in [2.05, 4.69) is 0 Å². The number of hydrogen-bond donors (Lipinski definition) is 0. The quantitative estimate of drug-likeness (QED) is 0.492. The molecule has 2 heterocycles. The number of carbonyl (C=O) groups excluding carboxylic acids is 2. The summed E-state index contributed by atoms with van der Waals surface area (Å²) in [5.41, 5.74) is 1.86. The first kappa shape index (κ1) is 24.0. The molecular weight excluding hydrogens is 480 g/mol. The Hall–Kier alpha value is -3.69. The second-order valence-corrected chi connectivity index (χ2v) is 10.7. The van der Waals surface area contributed by atoms with Gasteiger partial charge in [-0.2, -0.15) is 17.0 Å². The Morgan fingerprint density at radius 1 is 0.889 bits per heavy atom. The van der Waals surface area contributed by atoms with Crippen LogP contribution < -0.4 is 0 Å². The van der Waals surface area contributed by atoms with E-state index < -0.39 is 39.8 Å². The number of nitrogens with zero attached hydrogens (tertiary/aromatic N) is 2. The summed E-state index contributed by atoms with van der Waals surface area (Å²) in [6.45, 7) is -0.0494. The number of esters is 1. The average Bonchev–Trinajstić information content (AvgIpc) is 3.42. The second kappa shape index (κ2) is 9.40. The van der Waals surface area contributed by atoms with Crippen LogP contribution in [0, 0.1) is 0 Å². The molecule has 0 spiro atoms. The van der Waals surface area contributed by atoms with Gasteiger partial charge in [-0.25, -0.2) is 9.59 Å². The number of benzene rings is 3. The highest BCUT2D eigenvalue weighted by atomic mass is 32.2. The molecule has 5 rings (SSSR count). The summed E-state index contributed by atoms with van der Waals surface area (Å²) >= 11 is 0. The monoisotopic (exact) mass is 506 g/mol. The van der Waals surface area contributed by atoms with Gasteiger partial charge in [-0.1, -0.05) is 91.0 Å². The SMILES string of the molecule is COC(=O)[C@H]1[C@@H]2CC(c3ccccc3)(c3ccccc3)CN2S(=O)(=O)N1C(=O)OCc1ccccc1. The van der Waals surface area contributed by atoms with E-state index in [4.69, 9.17) is 9.47 Å². The van der Waals surface area contributed by atoms with E-state index in [0.29, 0.717) is 16.3 Å². The molecule has 2 aliphatic rings. The van der Waals surface area contributed by atoms with Crippen LogP contribution in [0.2, 0.25) is 0 Å². The molecule has 0 saturated carbocycles. The Labute approximate surface area is 210 Å². The van der Waals surface area contributed by atoms with Crippen molar-refractivity contribution in [3.05, 3.63) is 108 Å². The van der Waals surface area contributed by atoms with E-state index in [-0.39, 0.29) is 13.2 Å². The Kier molecular flexibility index (Phi) is 6.27. The van der Waals surface area contributed by atoms with Crippen LogP contribution in [0.5, 0.6) is 0 Å². The molecule has 2 atom stereocenters. The maximum Gasteiger partial charge on any atom is 0.425 e. The predicted octanol–water partition coefficient (Wildman–Crippen LogP) is 3.49. The lowest BCUT2D eigenvalue weighted by Crippen LogP contribution is -2.48. The molecule has 3 aromatic rings. The van der Waals surface area contributed by atoms with Gasteiger partial charge in [0.25, 0.3) is 0 Å². The van der Waals surface area contributed by atoms with E-state index in [1.165, 1.54) is 11.4 Å². The third-order valence-corrected chi connectivity index (χ3v) is 8.86. The molecular formula is C27H26N2O6S. The Balaban J connectivity index is 1.53. The lowest BCUT2D eigenvalue weighted by Gasteiger charge is -2.33. The summed E-state index contributed by atoms with van der Waals surface area (Å²) in [7, 11) is -3.19. The van der Waals surface area contributed by atoms with Gasteiger partial charge in [0.05, 0.1) is 13.2 Å². The Morgan fingerprint density at radius 3 is 1.94 bits per heavy atom. The van der Waals surface area contributed by atoms with Crippen LogP contribution in [0.3, 0.4) is 0 Å². The summed E-state index contributed by atoms with van der Waals surface area (Å²) in [5, 5.41) is 0. The maximum atomic E-state index is 13.8. The lowest BCUT2D eigenvalue weighted by molar-refractivity contribution is -0.145. The molecule has 2 fully saturated rings. The number of hydrogen-bond acceptors (Lipinski definition) is 6. The highest BCUT2D eigenvalue weighted by Gasteiger charge is 2.65. The van der Waals surface area contributed by atoms with Crippen molar-refractivity contribution < 1.29 is 27.5 Å². The average molecular weight is 507 g/mol. The van der Waals surface area contributed by atoms with Crippen LogP contribution in [-0.2, 0) is 36.5 Å². The number of amides is 1. The van der Waals surface area contributed by atoms with Crippen molar-refractivity contribution in [2.24, 2.45) is 0 Å². The van der Waals surface area contributed by atoms with Gasteiger partial charge < -0.3 is 9.47 Å². The van der Waals surface area contributed by atoms with Crippen molar-refractivity contribution in [3.63, 3.8) is 0 Å². The number of ether oxygens (including phenoxy) is 2. The topological polar surface area (TPSA) is 93.2 Å². The van der Waals surface area contributed by atoms with Gasteiger partial charge in [0, 0.05) is 12.0 Å². The molecule has 8 nitrogen and oxygen atoms in total. The van der Waals surface area contributed by atoms with Gasteiger partial charge in [0.1, 0.15) is 6.61 Å². The molecule has 36 heavy (non-hydrogen) atoms. The summed E-state index contributed by atoms with van der Waals surface area (Å²) in [5.74, 6) is -0.806. The first-order chi connectivity index (χ1) is 17.4. The highest BCUT2D eigenvalue weighted by Crippen LogP contribution is 2.49. The van der Waals surface area contributed by atoms with Gasteiger partial charge in [-0.3, -0.25) is 0 Å². The Bertz CT molecular complexity index is 1310. The summed E-state index contributed by atoms with van der Waals surface area (Å²) in [6, 6.07) is 26.0. The van der Waals surface area contributed by atoms with Gasteiger partial charge in [0.2, 0.25) is 0 Å². The summed E-state index contributed by atoms with van der Waals surface area (Å²) in [4.78, 5) is 26.0. The standard InChI is InChI=1S/C27H26N2O6S/c1-34-25(30)24-23-17-27(21-13-7-3-8-14-21,22-15-9-4-10-16-22)19-28(23)36(32,33)29(24)26(31)35-18-20-11-5-2-6-12-20/h2-16,23-24H,17-19H2,1H3/t23-,24+/m0/s1. The number of fused-ring (bicyclic) bond motifs is 1. The van der Waals surface area contributed by atoms with Crippen LogP contribution in [-0.4, -0.2) is 54.8 Å². The molecule has 0 unspecified atom stereocenters. The van der Waals surface area contributed by atoms with Crippen LogP contribution in [0.1, 0.15) is 23.1 Å². The van der Waals surface area contributed by atoms with E-state index in [0.717, 1.165) is 11.1 Å². The van der Waals surface area contributed by atoms with Gasteiger partial charge in [-0.15, -0.1) is 0 Å². The fourth-order valence-electron chi connectivity index (χ4n) is 5.30. The number of rotatable bonds is 5. The molecule has 1 amide bonds. The van der Waals surface area contributed by atoms with Crippen molar-refractivity contribution >= 4 is 22.3 Å². The first-order valence-electron chi connectivity index (χ1n) is 11.6. The number of carbonyl (C=O) groups is 2. The molecule has 0 radical (unpaired) electrons. The van der Waals surface area contributed by atoms with Gasteiger partial charge >= 0.3 is 22.3 Å². The summed E-state index contributed by atoms with van der Waals surface area (Å²) in [6.07, 6.45) is -0.809. The molecule has 0 aromatic heterocycles. The third-order valence-electron chi connectivity index (χ3n) is 7.00. The van der Waals surface area contributed by atoms with Crippen molar-refractivity contribution in [2.75, 3.05) is 13.7 Å². The van der Waals surface area contributed by atoms with Gasteiger partial charge in [0.15, 0.2) is 6.04 Å². The van der Waals surface area contributed by atoms with E-state index in [1.54, 1.807) is 24.3 Å². The van der Waals surface area contributed by atoms with Crippen molar-refractivity contribution in [1.29, 1.82) is 0 Å². The van der Waals surface area contributed by atoms with Crippen LogP contribution in [0.15, 0.2) is 91.0 Å². The zero-order chi connectivity index (χ0) is 25.3. The highest BCUT2D eigenvalue weighted by molar-refractivity contribution is 7.87. The normalized spacial score (nSPS) is 22.1. The lowest BCUT2D eigenvalue weighted by atomic mass is 9.72. The molecule has 2 saturated heterocycles. The second-order valence-electron chi connectivity index (χ2n) is 8.94. The zero-order valence-electron chi connectivity index (χ0n) is 19.7. The molecule has 0 aliphatic carbocycles. The molecule has 0 N–H and O–H groups in total. The number of methoxy groups -OCH3 is 1. The third kappa shape index (κ3) is 3.94. The minimum Gasteiger partial charge on any atom is -0.467 e. The van der Waals surface area contributed by atoms with Gasteiger partial charge in [-0.05, 0) is 23.1 Å². The van der Waals surface area contributed by atoms with Crippen LogP contribution in [0.25, 0.3) is 0 Å². The van der Waals surface area contributed by atoms with E-state index in [9.17, 15) is 18.0 Å².